The molecule has 0 unspecified atom stereocenters. The van der Waals surface area contributed by atoms with Gasteiger partial charge >= 0.3 is 0 Å². The van der Waals surface area contributed by atoms with Crippen LogP contribution < -0.4 is 5.32 Å². The number of nitrogens with zero attached hydrogens (tertiary/aromatic N) is 2. The van der Waals surface area contributed by atoms with Crippen LogP contribution >= 0.6 is 0 Å². The van der Waals surface area contributed by atoms with Crippen molar-refractivity contribution >= 4 is 16.6 Å². The van der Waals surface area contributed by atoms with Crippen molar-refractivity contribution in [3.63, 3.8) is 0 Å². The first-order chi connectivity index (χ1) is 10.2. The summed E-state index contributed by atoms with van der Waals surface area (Å²) in [5.41, 5.74) is 0.998. The van der Waals surface area contributed by atoms with Crippen LogP contribution in [0.1, 0.15) is 44.7 Å². The summed E-state index contributed by atoms with van der Waals surface area (Å²) in [7, 11) is 0. The van der Waals surface area contributed by atoms with E-state index in [-0.39, 0.29) is 0 Å². The van der Waals surface area contributed by atoms with Crippen LogP contribution in [0.4, 0.5) is 5.82 Å². The zero-order valence-corrected chi connectivity index (χ0v) is 13.1. The topological polar surface area (TPSA) is 37.8 Å². The number of hydrogen-bond donors (Lipinski definition) is 1. The van der Waals surface area contributed by atoms with Crippen molar-refractivity contribution in [1.82, 2.24) is 10.2 Å². The number of rotatable bonds is 4. The molecule has 3 heteroatoms. The summed E-state index contributed by atoms with van der Waals surface area (Å²) in [6.45, 7) is 5.39. The van der Waals surface area contributed by atoms with Gasteiger partial charge in [-0.25, -0.2) is 0 Å². The fraction of sp³-hybridized carbons (Fsp3) is 0.556. The maximum Gasteiger partial charge on any atom is 0.156 e. The number of benzene rings is 1. The second-order valence-electron chi connectivity index (χ2n) is 6.52. The first kappa shape index (κ1) is 14.3. The molecule has 0 saturated heterocycles. The number of nitrogens with one attached hydrogen (secondary N) is 1. The first-order valence-corrected chi connectivity index (χ1v) is 8.20. The molecule has 1 saturated carbocycles. The van der Waals surface area contributed by atoms with Crippen molar-refractivity contribution in [2.45, 2.75) is 46.0 Å². The molecule has 0 amide bonds. The third-order valence-corrected chi connectivity index (χ3v) is 4.85. The molecule has 3 nitrogen and oxygen atoms in total. The van der Waals surface area contributed by atoms with Crippen LogP contribution in [-0.2, 0) is 0 Å². The average Bonchev–Trinajstić information content (AvgIpc) is 2.52. The van der Waals surface area contributed by atoms with Crippen LogP contribution in [0.3, 0.4) is 0 Å². The molecule has 0 bridgehead atoms. The Balaban J connectivity index is 1.62. The molecular formula is C18H25N3. The van der Waals surface area contributed by atoms with Gasteiger partial charge in [0.2, 0.25) is 0 Å². The average molecular weight is 283 g/mol. The predicted molar refractivity (Wildman–Crippen MR) is 88.5 cm³/mol. The van der Waals surface area contributed by atoms with E-state index in [4.69, 9.17) is 0 Å². The molecular weight excluding hydrogens is 258 g/mol. The normalized spacial score (nSPS) is 22.4. The minimum absolute atomic E-state index is 0.887. The number of anilines is 1. The van der Waals surface area contributed by atoms with E-state index in [1.54, 1.807) is 0 Å². The van der Waals surface area contributed by atoms with E-state index in [9.17, 15) is 0 Å². The molecule has 1 aromatic heterocycles. The molecule has 1 aliphatic carbocycles. The van der Waals surface area contributed by atoms with E-state index in [1.807, 2.05) is 6.92 Å². The molecule has 1 fully saturated rings. The molecule has 3 rings (SSSR count). The summed E-state index contributed by atoms with van der Waals surface area (Å²) in [5, 5.41) is 14.5. The van der Waals surface area contributed by atoms with Crippen LogP contribution in [0.15, 0.2) is 24.3 Å². The van der Waals surface area contributed by atoms with Gasteiger partial charge in [0.05, 0.1) is 5.69 Å². The maximum atomic E-state index is 4.34. The van der Waals surface area contributed by atoms with Gasteiger partial charge in [0, 0.05) is 17.3 Å². The highest BCUT2D eigenvalue weighted by molar-refractivity contribution is 5.92. The second kappa shape index (κ2) is 6.42. The third-order valence-electron chi connectivity index (χ3n) is 4.85. The third kappa shape index (κ3) is 3.34. The molecule has 1 heterocycles. The highest BCUT2D eigenvalue weighted by Gasteiger charge is 2.17. The van der Waals surface area contributed by atoms with Crippen molar-refractivity contribution in [1.29, 1.82) is 0 Å². The van der Waals surface area contributed by atoms with E-state index in [2.05, 4.69) is 46.7 Å². The molecule has 21 heavy (non-hydrogen) atoms. The maximum absolute atomic E-state index is 4.34. The Bertz CT molecular complexity index is 600. The lowest BCUT2D eigenvalue weighted by Crippen LogP contribution is -2.16. The van der Waals surface area contributed by atoms with Gasteiger partial charge in [-0.1, -0.05) is 56.9 Å². The molecule has 2 aromatic rings. The van der Waals surface area contributed by atoms with Gasteiger partial charge in [0.25, 0.3) is 0 Å². The minimum atomic E-state index is 0.887. The number of fused-ring (bicyclic) bond motifs is 1. The Morgan fingerprint density at radius 2 is 1.76 bits per heavy atom. The number of aromatic nitrogens is 2. The molecule has 0 aliphatic heterocycles. The predicted octanol–water partition coefficient (Wildman–Crippen LogP) is 4.57. The summed E-state index contributed by atoms with van der Waals surface area (Å²) in [4.78, 5) is 0. The molecule has 1 N–H and O–H groups in total. The highest BCUT2D eigenvalue weighted by Crippen LogP contribution is 2.30. The molecule has 1 aliphatic rings. The van der Waals surface area contributed by atoms with Gasteiger partial charge in [-0.05, 0) is 25.2 Å². The zero-order chi connectivity index (χ0) is 14.7. The summed E-state index contributed by atoms with van der Waals surface area (Å²) in [5.74, 6) is 2.75. The van der Waals surface area contributed by atoms with Crippen LogP contribution in [0, 0.1) is 18.8 Å². The van der Waals surface area contributed by atoms with Gasteiger partial charge in [-0.2, -0.15) is 5.10 Å². The van der Waals surface area contributed by atoms with Crippen LogP contribution in [0.2, 0.25) is 0 Å². The standard InChI is InChI=1S/C18H25N3/c1-13-7-9-15(10-8-13)11-12-19-18-17-6-4-3-5-16(17)14(2)20-21-18/h3-6,13,15H,7-12H2,1-2H3,(H,19,21). The first-order valence-electron chi connectivity index (χ1n) is 8.20. The van der Waals surface area contributed by atoms with E-state index in [0.29, 0.717) is 0 Å². The van der Waals surface area contributed by atoms with Crippen molar-refractivity contribution in [3.05, 3.63) is 30.0 Å². The molecule has 0 radical (unpaired) electrons. The van der Waals surface area contributed by atoms with E-state index in [0.717, 1.165) is 29.9 Å². The zero-order valence-electron chi connectivity index (χ0n) is 13.1. The van der Waals surface area contributed by atoms with E-state index < -0.39 is 0 Å². The van der Waals surface area contributed by atoms with Crippen molar-refractivity contribution in [2.24, 2.45) is 11.8 Å². The summed E-state index contributed by atoms with van der Waals surface area (Å²) >= 11 is 0. The van der Waals surface area contributed by atoms with Gasteiger partial charge < -0.3 is 5.32 Å². The SMILES string of the molecule is Cc1nnc(NCCC2CCC(C)CC2)c2ccccc12. The van der Waals surface area contributed by atoms with Gasteiger partial charge in [0.1, 0.15) is 0 Å². The second-order valence-corrected chi connectivity index (χ2v) is 6.52. The lowest BCUT2D eigenvalue weighted by atomic mass is 9.81. The largest absolute Gasteiger partial charge is 0.368 e. The Labute approximate surface area is 127 Å². The summed E-state index contributed by atoms with van der Waals surface area (Å²) in [6.07, 6.45) is 6.83. The summed E-state index contributed by atoms with van der Waals surface area (Å²) in [6, 6.07) is 8.37. The smallest absolute Gasteiger partial charge is 0.156 e. The highest BCUT2D eigenvalue weighted by atomic mass is 15.2. The van der Waals surface area contributed by atoms with Crippen LogP contribution in [0.5, 0.6) is 0 Å². The van der Waals surface area contributed by atoms with Gasteiger partial charge in [-0.3, -0.25) is 0 Å². The molecule has 0 spiro atoms. The van der Waals surface area contributed by atoms with Crippen molar-refractivity contribution in [2.75, 3.05) is 11.9 Å². The Morgan fingerprint density at radius 1 is 1.05 bits per heavy atom. The van der Waals surface area contributed by atoms with Crippen LogP contribution in [0.25, 0.3) is 10.8 Å². The Kier molecular flexibility index (Phi) is 4.37. The lowest BCUT2D eigenvalue weighted by molar-refractivity contribution is 0.282. The van der Waals surface area contributed by atoms with E-state index >= 15 is 0 Å². The Morgan fingerprint density at radius 3 is 2.52 bits per heavy atom. The lowest BCUT2D eigenvalue weighted by Gasteiger charge is -2.26. The fourth-order valence-corrected chi connectivity index (χ4v) is 3.38. The van der Waals surface area contributed by atoms with Gasteiger partial charge in [-0.15, -0.1) is 5.10 Å². The molecule has 112 valence electrons. The molecule has 0 atom stereocenters. The van der Waals surface area contributed by atoms with Gasteiger partial charge in [0.15, 0.2) is 5.82 Å². The van der Waals surface area contributed by atoms with E-state index in [1.165, 1.54) is 42.9 Å². The number of hydrogen-bond acceptors (Lipinski definition) is 3. The molecule has 1 aromatic carbocycles. The summed E-state index contributed by atoms with van der Waals surface area (Å²) < 4.78 is 0. The minimum Gasteiger partial charge on any atom is -0.368 e. The van der Waals surface area contributed by atoms with Crippen molar-refractivity contribution in [3.8, 4) is 0 Å². The fourth-order valence-electron chi connectivity index (χ4n) is 3.38. The van der Waals surface area contributed by atoms with Crippen LogP contribution in [-0.4, -0.2) is 16.7 Å². The van der Waals surface area contributed by atoms with Crippen molar-refractivity contribution < 1.29 is 0 Å². The Hall–Kier alpha value is -1.64. The monoisotopic (exact) mass is 283 g/mol. The quantitative estimate of drug-likeness (QED) is 0.893. The number of aryl methyl sites for hydroxylation is 1.